The van der Waals surface area contributed by atoms with E-state index in [1.165, 1.54) is 7.11 Å². The number of halogens is 1. The van der Waals surface area contributed by atoms with Gasteiger partial charge in [-0.15, -0.1) is 11.8 Å². The lowest BCUT2D eigenvalue weighted by atomic mass is 10.3. The number of thioether (sulfide) groups is 1. The fourth-order valence-electron chi connectivity index (χ4n) is 1.06. The van der Waals surface area contributed by atoms with Crippen molar-refractivity contribution in [2.45, 2.75) is 4.90 Å². The summed E-state index contributed by atoms with van der Waals surface area (Å²) in [5.41, 5.74) is 0.848. The highest BCUT2D eigenvalue weighted by Gasteiger charge is 2.04. The van der Waals surface area contributed by atoms with Crippen LogP contribution in [-0.2, 0) is 9.53 Å². The van der Waals surface area contributed by atoms with Crippen LogP contribution in [0.1, 0.15) is 0 Å². The van der Waals surface area contributed by atoms with Crippen LogP contribution in [0.4, 0.5) is 5.69 Å². The number of benzene rings is 1. The molecule has 0 aliphatic carbocycles. The molecule has 1 rings (SSSR count). The molecule has 0 saturated heterocycles. The number of nitrogens with one attached hydrogen (secondary N) is 1. The maximum atomic E-state index is 10.9. The average molecular weight is 246 g/mol. The standard InChI is InChI=1S/C10H12ClNO2S/c1-14-10(13)6-12-8-5-7(11)3-4-9(8)15-2/h3-5,12H,6H2,1-2H3. The molecule has 3 nitrogen and oxygen atoms in total. The molecule has 5 heteroatoms. The second-order valence-electron chi connectivity index (χ2n) is 2.77. The van der Waals surface area contributed by atoms with Gasteiger partial charge in [0.25, 0.3) is 0 Å². The van der Waals surface area contributed by atoms with Gasteiger partial charge >= 0.3 is 5.97 Å². The Kier molecular flexibility index (Phi) is 4.78. The van der Waals surface area contributed by atoms with Crippen LogP contribution < -0.4 is 5.32 Å². The zero-order chi connectivity index (χ0) is 11.3. The Morgan fingerprint density at radius 1 is 1.60 bits per heavy atom. The van der Waals surface area contributed by atoms with E-state index in [4.69, 9.17) is 11.6 Å². The van der Waals surface area contributed by atoms with Gasteiger partial charge in [-0.1, -0.05) is 11.6 Å². The van der Waals surface area contributed by atoms with Gasteiger partial charge in [0, 0.05) is 15.6 Å². The molecule has 1 aromatic rings. The van der Waals surface area contributed by atoms with E-state index < -0.39 is 0 Å². The number of rotatable bonds is 4. The lowest BCUT2D eigenvalue weighted by molar-refractivity contribution is -0.138. The van der Waals surface area contributed by atoms with Crippen LogP contribution in [0, 0.1) is 0 Å². The zero-order valence-electron chi connectivity index (χ0n) is 8.54. The molecule has 0 bridgehead atoms. The summed E-state index contributed by atoms with van der Waals surface area (Å²) < 4.78 is 4.53. The number of esters is 1. The summed E-state index contributed by atoms with van der Waals surface area (Å²) in [5, 5.41) is 3.61. The highest BCUT2D eigenvalue weighted by atomic mass is 35.5. The van der Waals surface area contributed by atoms with E-state index in [1.54, 1.807) is 17.8 Å². The average Bonchev–Trinajstić information content (AvgIpc) is 2.26. The summed E-state index contributed by atoms with van der Waals surface area (Å²) in [6.45, 7) is 0.143. The zero-order valence-corrected chi connectivity index (χ0v) is 10.1. The number of hydrogen-bond donors (Lipinski definition) is 1. The maximum absolute atomic E-state index is 10.9. The predicted molar refractivity (Wildman–Crippen MR) is 63.7 cm³/mol. The third-order valence-electron chi connectivity index (χ3n) is 1.81. The second kappa shape index (κ2) is 5.88. The highest BCUT2D eigenvalue weighted by molar-refractivity contribution is 7.98. The van der Waals surface area contributed by atoms with Crippen molar-refractivity contribution in [3.8, 4) is 0 Å². The van der Waals surface area contributed by atoms with Crippen LogP contribution in [0.15, 0.2) is 23.1 Å². The Labute approximate surface area is 98.1 Å². The van der Waals surface area contributed by atoms with E-state index in [2.05, 4.69) is 10.1 Å². The largest absolute Gasteiger partial charge is 0.468 e. The summed E-state index contributed by atoms with van der Waals surface area (Å²) in [7, 11) is 1.36. The van der Waals surface area contributed by atoms with Crippen LogP contribution in [0.3, 0.4) is 0 Å². The van der Waals surface area contributed by atoms with Crippen molar-refractivity contribution < 1.29 is 9.53 Å². The van der Waals surface area contributed by atoms with Gasteiger partial charge in [-0.25, -0.2) is 0 Å². The molecule has 0 aromatic heterocycles. The topological polar surface area (TPSA) is 38.3 Å². The Balaban J connectivity index is 2.74. The summed E-state index contributed by atoms with van der Waals surface area (Å²) in [6.07, 6.45) is 1.96. The molecule has 0 heterocycles. The van der Waals surface area contributed by atoms with Gasteiger partial charge < -0.3 is 10.1 Å². The minimum Gasteiger partial charge on any atom is -0.468 e. The summed E-state index contributed by atoms with van der Waals surface area (Å²) in [5.74, 6) is -0.304. The maximum Gasteiger partial charge on any atom is 0.325 e. The first-order chi connectivity index (χ1) is 7.17. The van der Waals surface area contributed by atoms with E-state index in [0.29, 0.717) is 5.02 Å². The molecule has 0 fully saturated rings. The molecule has 0 saturated carbocycles. The van der Waals surface area contributed by atoms with Crippen molar-refractivity contribution >= 4 is 35.0 Å². The Hall–Kier alpha value is -0.870. The normalized spacial score (nSPS) is 9.80. The molecule has 0 aliphatic rings. The number of carbonyl (C=O) groups is 1. The van der Waals surface area contributed by atoms with E-state index in [-0.39, 0.29) is 12.5 Å². The lowest BCUT2D eigenvalue weighted by Crippen LogP contribution is -2.15. The molecule has 0 aliphatic heterocycles. The highest BCUT2D eigenvalue weighted by Crippen LogP contribution is 2.28. The van der Waals surface area contributed by atoms with Gasteiger partial charge in [0.2, 0.25) is 0 Å². The quantitative estimate of drug-likeness (QED) is 0.654. The van der Waals surface area contributed by atoms with Gasteiger partial charge in [-0.3, -0.25) is 4.79 Å². The van der Waals surface area contributed by atoms with E-state index in [9.17, 15) is 4.79 Å². The molecule has 0 spiro atoms. The van der Waals surface area contributed by atoms with Crippen molar-refractivity contribution in [3.05, 3.63) is 23.2 Å². The van der Waals surface area contributed by atoms with Crippen molar-refractivity contribution in [2.24, 2.45) is 0 Å². The number of hydrogen-bond acceptors (Lipinski definition) is 4. The first-order valence-electron chi connectivity index (χ1n) is 4.31. The van der Waals surface area contributed by atoms with E-state index in [0.717, 1.165) is 10.6 Å². The van der Waals surface area contributed by atoms with Crippen molar-refractivity contribution in [1.82, 2.24) is 0 Å². The molecule has 1 aromatic carbocycles. The third-order valence-corrected chi connectivity index (χ3v) is 2.84. The monoisotopic (exact) mass is 245 g/mol. The van der Waals surface area contributed by atoms with Crippen LogP contribution in [0.25, 0.3) is 0 Å². The van der Waals surface area contributed by atoms with Crippen LogP contribution in [0.2, 0.25) is 5.02 Å². The number of carbonyl (C=O) groups excluding carboxylic acids is 1. The number of anilines is 1. The van der Waals surface area contributed by atoms with Crippen LogP contribution >= 0.6 is 23.4 Å². The van der Waals surface area contributed by atoms with Gasteiger partial charge in [0.05, 0.1) is 7.11 Å². The smallest absolute Gasteiger partial charge is 0.325 e. The van der Waals surface area contributed by atoms with Gasteiger partial charge in [-0.05, 0) is 24.5 Å². The third kappa shape index (κ3) is 3.64. The Morgan fingerprint density at radius 3 is 2.93 bits per heavy atom. The molecule has 0 amide bonds. The second-order valence-corrected chi connectivity index (χ2v) is 4.06. The number of methoxy groups -OCH3 is 1. The molecule has 1 N–H and O–H groups in total. The number of ether oxygens (including phenoxy) is 1. The van der Waals surface area contributed by atoms with E-state index >= 15 is 0 Å². The Morgan fingerprint density at radius 2 is 2.33 bits per heavy atom. The van der Waals surface area contributed by atoms with Crippen molar-refractivity contribution in [3.63, 3.8) is 0 Å². The van der Waals surface area contributed by atoms with E-state index in [1.807, 2.05) is 18.4 Å². The van der Waals surface area contributed by atoms with Gasteiger partial charge in [0.1, 0.15) is 6.54 Å². The molecule has 82 valence electrons. The van der Waals surface area contributed by atoms with Crippen molar-refractivity contribution in [2.75, 3.05) is 25.2 Å². The molecule has 0 atom stereocenters. The molecular formula is C10H12ClNO2S. The van der Waals surface area contributed by atoms with Crippen molar-refractivity contribution in [1.29, 1.82) is 0 Å². The van der Waals surface area contributed by atoms with Gasteiger partial charge in [-0.2, -0.15) is 0 Å². The van der Waals surface area contributed by atoms with Crippen LogP contribution in [0.5, 0.6) is 0 Å². The minimum atomic E-state index is -0.304. The first-order valence-corrected chi connectivity index (χ1v) is 5.92. The molecule has 0 unspecified atom stereocenters. The van der Waals surface area contributed by atoms with Crippen LogP contribution in [-0.4, -0.2) is 25.9 Å². The lowest BCUT2D eigenvalue weighted by Gasteiger charge is -2.09. The molecule has 0 radical (unpaired) electrons. The fourth-order valence-corrected chi connectivity index (χ4v) is 1.79. The summed E-state index contributed by atoms with van der Waals surface area (Å²) in [4.78, 5) is 12.0. The molecular weight excluding hydrogens is 234 g/mol. The first kappa shape index (κ1) is 12.2. The SMILES string of the molecule is COC(=O)CNc1cc(Cl)ccc1SC. The fraction of sp³-hybridized carbons (Fsp3) is 0.300. The summed E-state index contributed by atoms with van der Waals surface area (Å²) in [6, 6.07) is 5.51. The molecule has 15 heavy (non-hydrogen) atoms. The van der Waals surface area contributed by atoms with Gasteiger partial charge in [0.15, 0.2) is 0 Å². The predicted octanol–water partition coefficient (Wildman–Crippen LogP) is 2.65. The minimum absolute atomic E-state index is 0.143. The summed E-state index contributed by atoms with van der Waals surface area (Å²) >= 11 is 7.45. The Bertz CT molecular complexity index is 357.